The number of nitrogens with one attached hydrogen (secondary N) is 1. The van der Waals surface area contributed by atoms with Crippen molar-refractivity contribution in [2.24, 2.45) is 0 Å². The van der Waals surface area contributed by atoms with E-state index in [2.05, 4.69) is 10.3 Å². The van der Waals surface area contributed by atoms with Gasteiger partial charge in [0.05, 0.1) is 15.9 Å². The molecule has 0 aliphatic heterocycles. The van der Waals surface area contributed by atoms with Crippen molar-refractivity contribution in [2.45, 2.75) is 4.34 Å². The molecule has 1 heterocycles. The van der Waals surface area contributed by atoms with Crippen LogP contribution in [0.4, 0.5) is 10.1 Å². The predicted octanol–water partition coefficient (Wildman–Crippen LogP) is 3.20. The standard InChI is InChI=1S/C9H9FN2S2/c1-11-6-4-8-7(3-5(6)10)12-9(13-2)14-8/h3-4,11H,1-2H3. The number of thiazole rings is 1. The van der Waals surface area contributed by atoms with Gasteiger partial charge in [-0.25, -0.2) is 9.37 Å². The molecule has 2 aromatic rings. The third kappa shape index (κ3) is 1.57. The fourth-order valence-corrected chi connectivity index (χ4v) is 2.72. The Morgan fingerprint density at radius 1 is 1.50 bits per heavy atom. The molecule has 0 aliphatic carbocycles. The molecule has 0 atom stereocenters. The van der Waals surface area contributed by atoms with Crippen LogP contribution in [-0.4, -0.2) is 18.3 Å². The zero-order chi connectivity index (χ0) is 10.1. The summed E-state index contributed by atoms with van der Waals surface area (Å²) in [5.74, 6) is -0.252. The zero-order valence-electron chi connectivity index (χ0n) is 7.80. The first-order valence-corrected chi connectivity index (χ1v) is 6.10. The van der Waals surface area contributed by atoms with Crippen LogP contribution < -0.4 is 5.32 Å². The van der Waals surface area contributed by atoms with Crippen molar-refractivity contribution < 1.29 is 4.39 Å². The molecular weight excluding hydrogens is 219 g/mol. The van der Waals surface area contributed by atoms with Gasteiger partial charge in [0, 0.05) is 13.1 Å². The van der Waals surface area contributed by atoms with E-state index in [4.69, 9.17) is 0 Å². The number of halogens is 1. The summed E-state index contributed by atoms with van der Waals surface area (Å²) >= 11 is 3.16. The Hall–Kier alpha value is -0.810. The molecule has 2 rings (SSSR count). The van der Waals surface area contributed by atoms with Crippen molar-refractivity contribution in [3.63, 3.8) is 0 Å². The van der Waals surface area contributed by atoms with E-state index in [1.165, 1.54) is 6.07 Å². The monoisotopic (exact) mass is 228 g/mol. The lowest BCUT2D eigenvalue weighted by atomic mass is 10.3. The van der Waals surface area contributed by atoms with Crippen molar-refractivity contribution in [1.29, 1.82) is 0 Å². The fraction of sp³-hybridized carbons (Fsp3) is 0.222. The van der Waals surface area contributed by atoms with E-state index in [9.17, 15) is 4.39 Å². The van der Waals surface area contributed by atoms with Gasteiger partial charge in [-0.05, 0) is 12.3 Å². The van der Waals surface area contributed by atoms with Crippen LogP contribution in [0, 0.1) is 5.82 Å². The van der Waals surface area contributed by atoms with Crippen LogP contribution in [0.25, 0.3) is 10.2 Å². The molecule has 2 nitrogen and oxygen atoms in total. The number of fused-ring (bicyclic) bond motifs is 1. The summed E-state index contributed by atoms with van der Waals surface area (Å²) in [6.45, 7) is 0. The third-order valence-electron chi connectivity index (χ3n) is 1.90. The van der Waals surface area contributed by atoms with E-state index in [1.807, 2.05) is 6.26 Å². The number of benzene rings is 1. The highest BCUT2D eigenvalue weighted by atomic mass is 32.2. The normalized spacial score (nSPS) is 10.8. The van der Waals surface area contributed by atoms with Crippen molar-refractivity contribution >= 4 is 39.0 Å². The Balaban J connectivity index is 2.64. The van der Waals surface area contributed by atoms with Crippen LogP contribution in [0.2, 0.25) is 0 Å². The molecular formula is C9H9FN2S2. The third-order valence-corrected chi connectivity index (χ3v) is 3.90. The molecule has 74 valence electrons. The molecule has 0 spiro atoms. The van der Waals surface area contributed by atoms with E-state index in [1.54, 1.807) is 36.2 Å². The lowest BCUT2D eigenvalue weighted by Crippen LogP contribution is -1.91. The second kappa shape index (κ2) is 3.74. The first kappa shape index (κ1) is 9.73. The second-order valence-electron chi connectivity index (χ2n) is 2.73. The Bertz CT molecular complexity index is 467. The average molecular weight is 228 g/mol. The first-order chi connectivity index (χ1) is 6.74. The maximum Gasteiger partial charge on any atom is 0.150 e. The fourth-order valence-electron chi connectivity index (χ4n) is 1.21. The SMILES string of the molecule is CNc1cc2sc(SC)nc2cc1F. The summed E-state index contributed by atoms with van der Waals surface area (Å²) in [5, 5.41) is 2.81. The summed E-state index contributed by atoms with van der Waals surface area (Å²) in [7, 11) is 1.71. The number of rotatable bonds is 2. The molecule has 0 fully saturated rings. The summed E-state index contributed by atoms with van der Waals surface area (Å²) in [5.41, 5.74) is 1.25. The van der Waals surface area contributed by atoms with Gasteiger partial charge in [0.15, 0.2) is 4.34 Å². The minimum Gasteiger partial charge on any atom is -0.386 e. The number of aromatic nitrogens is 1. The number of nitrogens with zero attached hydrogens (tertiary/aromatic N) is 1. The summed E-state index contributed by atoms with van der Waals surface area (Å²) in [6.07, 6.45) is 1.97. The maximum atomic E-state index is 13.3. The van der Waals surface area contributed by atoms with Crippen molar-refractivity contribution in [3.8, 4) is 0 Å². The molecule has 0 bridgehead atoms. The van der Waals surface area contributed by atoms with Crippen LogP contribution in [-0.2, 0) is 0 Å². The van der Waals surface area contributed by atoms with Gasteiger partial charge in [-0.2, -0.15) is 0 Å². The first-order valence-electron chi connectivity index (χ1n) is 4.06. The van der Waals surface area contributed by atoms with Gasteiger partial charge in [-0.15, -0.1) is 11.3 Å². The molecule has 0 saturated carbocycles. The van der Waals surface area contributed by atoms with Gasteiger partial charge in [0.2, 0.25) is 0 Å². The molecule has 0 radical (unpaired) electrons. The summed E-state index contributed by atoms with van der Waals surface area (Å²) in [6, 6.07) is 3.26. The molecule has 0 aliphatic rings. The van der Waals surface area contributed by atoms with Crippen molar-refractivity contribution in [2.75, 3.05) is 18.6 Å². The van der Waals surface area contributed by atoms with Gasteiger partial charge in [0.25, 0.3) is 0 Å². The van der Waals surface area contributed by atoms with Crippen LogP contribution in [0.3, 0.4) is 0 Å². The van der Waals surface area contributed by atoms with Gasteiger partial charge in [-0.1, -0.05) is 11.8 Å². The van der Waals surface area contributed by atoms with Crippen molar-refractivity contribution in [1.82, 2.24) is 4.98 Å². The van der Waals surface area contributed by atoms with E-state index < -0.39 is 0 Å². The van der Waals surface area contributed by atoms with E-state index in [0.717, 1.165) is 14.6 Å². The number of thioether (sulfide) groups is 1. The Labute approximate surface area is 89.5 Å². The molecule has 0 amide bonds. The molecule has 1 aromatic heterocycles. The molecule has 0 unspecified atom stereocenters. The van der Waals surface area contributed by atoms with E-state index >= 15 is 0 Å². The van der Waals surface area contributed by atoms with Crippen LogP contribution in [0.1, 0.15) is 0 Å². The lowest BCUT2D eigenvalue weighted by molar-refractivity contribution is 0.633. The van der Waals surface area contributed by atoms with Crippen LogP contribution in [0.5, 0.6) is 0 Å². The molecule has 1 N–H and O–H groups in total. The summed E-state index contributed by atoms with van der Waals surface area (Å²) in [4.78, 5) is 4.28. The topological polar surface area (TPSA) is 24.9 Å². The quantitative estimate of drug-likeness (QED) is 0.799. The second-order valence-corrected chi connectivity index (χ2v) is 4.82. The zero-order valence-corrected chi connectivity index (χ0v) is 9.43. The predicted molar refractivity (Wildman–Crippen MR) is 60.9 cm³/mol. The number of hydrogen-bond acceptors (Lipinski definition) is 4. The molecule has 1 aromatic carbocycles. The molecule has 5 heteroatoms. The molecule has 14 heavy (non-hydrogen) atoms. The van der Waals surface area contributed by atoms with Crippen LogP contribution in [0.15, 0.2) is 16.5 Å². The van der Waals surface area contributed by atoms with Gasteiger partial charge in [0.1, 0.15) is 5.82 Å². The Kier molecular flexibility index (Phi) is 2.60. The number of anilines is 1. The highest BCUT2D eigenvalue weighted by molar-refractivity contribution is 8.00. The smallest absolute Gasteiger partial charge is 0.150 e. The highest BCUT2D eigenvalue weighted by Crippen LogP contribution is 2.31. The lowest BCUT2D eigenvalue weighted by Gasteiger charge is -2.00. The average Bonchev–Trinajstić information content (AvgIpc) is 2.58. The van der Waals surface area contributed by atoms with E-state index in [-0.39, 0.29) is 5.82 Å². The Morgan fingerprint density at radius 3 is 2.93 bits per heavy atom. The largest absolute Gasteiger partial charge is 0.386 e. The van der Waals surface area contributed by atoms with Gasteiger partial charge in [-0.3, -0.25) is 0 Å². The minimum atomic E-state index is -0.252. The highest BCUT2D eigenvalue weighted by Gasteiger charge is 2.07. The van der Waals surface area contributed by atoms with Crippen LogP contribution >= 0.6 is 23.1 Å². The maximum absolute atomic E-state index is 13.3. The Morgan fingerprint density at radius 2 is 2.29 bits per heavy atom. The van der Waals surface area contributed by atoms with Crippen molar-refractivity contribution in [3.05, 3.63) is 17.9 Å². The van der Waals surface area contributed by atoms with Gasteiger partial charge < -0.3 is 5.32 Å². The summed E-state index contributed by atoms with van der Waals surface area (Å²) < 4.78 is 15.3. The van der Waals surface area contributed by atoms with Gasteiger partial charge >= 0.3 is 0 Å². The molecule has 0 saturated heterocycles. The number of hydrogen-bond donors (Lipinski definition) is 1. The van der Waals surface area contributed by atoms with E-state index in [0.29, 0.717) is 5.69 Å². The minimum absolute atomic E-state index is 0.252.